The van der Waals surface area contributed by atoms with E-state index < -0.39 is 0 Å². The first kappa shape index (κ1) is 21.9. The number of benzene rings is 1. The Morgan fingerprint density at radius 1 is 1.15 bits per heavy atom. The quantitative estimate of drug-likeness (QED) is 0.520. The number of H-pyrrole nitrogens is 1. The molecule has 3 fully saturated rings. The molecule has 2 unspecified atom stereocenters. The molecule has 2 saturated carbocycles. The van der Waals surface area contributed by atoms with Crippen molar-refractivity contribution < 1.29 is 4.74 Å². The first-order valence-corrected chi connectivity index (χ1v) is 12.9. The number of ether oxygens (including phenoxy) is 1. The summed E-state index contributed by atoms with van der Waals surface area (Å²) in [6, 6.07) is 6.19. The van der Waals surface area contributed by atoms with Crippen LogP contribution in [-0.2, 0) is 4.74 Å². The van der Waals surface area contributed by atoms with Crippen LogP contribution in [0.15, 0.2) is 24.4 Å². The zero-order chi connectivity index (χ0) is 23.1. The minimum atomic E-state index is -0.135. The molecule has 2 aliphatic carbocycles. The molecule has 0 amide bonds. The van der Waals surface area contributed by atoms with E-state index in [2.05, 4.69) is 63.1 Å². The Morgan fingerprint density at radius 2 is 1.97 bits per heavy atom. The van der Waals surface area contributed by atoms with Crippen molar-refractivity contribution >= 4 is 0 Å². The number of aryl methyl sites for hydroxylation is 2. The van der Waals surface area contributed by atoms with Gasteiger partial charge < -0.3 is 10.1 Å². The van der Waals surface area contributed by atoms with Crippen LogP contribution in [0.25, 0.3) is 5.69 Å². The molecule has 0 radical (unpaired) electrons. The number of para-hydroxylation sites is 1. The molecular weight excluding hydrogens is 426 g/mol. The number of nitrogens with one attached hydrogen (secondary N) is 2. The smallest absolute Gasteiger partial charge is 0.178 e. The summed E-state index contributed by atoms with van der Waals surface area (Å²) >= 11 is 0. The standard InChI is InChI=1S/C26H35N7O/c1-17-7-5-8-18(2)24(17)33-25(30-31-32-33)23(20-15-28-29-22(20)19-10-11-19)27-16-26(12-6-13-26)21-9-3-4-14-34-21/h5,7-8,15,19,21,23,27H,3-4,6,9-14,16H2,1-2H3,(H,28,29). The lowest BCUT2D eigenvalue weighted by Crippen LogP contribution is -2.51. The van der Waals surface area contributed by atoms with Crippen molar-refractivity contribution in [2.45, 2.75) is 83.3 Å². The molecule has 0 bridgehead atoms. The Hall–Kier alpha value is -2.58. The van der Waals surface area contributed by atoms with Gasteiger partial charge >= 0.3 is 0 Å². The van der Waals surface area contributed by atoms with Crippen LogP contribution in [0.1, 0.15) is 91.5 Å². The fraction of sp³-hybridized carbons (Fsp3) is 0.615. The molecule has 180 valence electrons. The van der Waals surface area contributed by atoms with E-state index in [0.29, 0.717) is 12.0 Å². The lowest BCUT2D eigenvalue weighted by atomic mass is 9.63. The van der Waals surface area contributed by atoms with E-state index in [0.717, 1.165) is 35.8 Å². The second-order valence-corrected chi connectivity index (χ2v) is 10.6. The zero-order valence-electron chi connectivity index (χ0n) is 20.3. The summed E-state index contributed by atoms with van der Waals surface area (Å²) in [5.74, 6) is 1.38. The minimum Gasteiger partial charge on any atom is -0.378 e. The summed E-state index contributed by atoms with van der Waals surface area (Å²) in [6.45, 7) is 6.03. The highest BCUT2D eigenvalue weighted by Crippen LogP contribution is 2.48. The maximum Gasteiger partial charge on any atom is 0.178 e. The van der Waals surface area contributed by atoms with Crippen LogP contribution in [0.4, 0.5) is 0 Å². The molecule has 2 aromatic heterocycles. The summed E-state index contributed by atoms with van der Waals surface area (Å²) in [7, 11) is 0. The molecule has 1 aliphatic heterocycles. The molecule has 3 aromatic rings. The van der Waals surface area contributed by atoms with Crippen molar-refractivity contribution in [2.24, 2.45) is 5.41 Å². The second kappa shape index (κ2) is 8.89. The molecule has 0 spiro atoms. The molecule has 34 heavy (non-hydrogen) atoms. The van der Waals surface area contributed by atoms with Gasteiger partial charge in [-0.3, -0.25) is 5.10 Å². The van der Waals surface area contributed by atoms with Gasteiger partial charge in [0.15, 0.2) is 5.82 Å². The van der Waals surface area contributed by atoms with Gasteiger partial charge in [0.25, 0.3) is 0 Å². The average molecular weight is 462 g/mol. The fourth-order valence-electron chi connectivity index (χ4n) is 6.02. The highest BCUT2D eigenvalue weighted by atomic mass is 16.5. The van der Waals surface area contributed by atoms with Crippen molar-refractivity contribution in [1.29, 1.82) is 0 Å². The van der Waals surface area contributed by atoms with E-state index in [1.807, 2.05) is 10.9 Å². The van der Waals surface area contributed by atoms with Crippen LogP contribution in [0.2, 0.25) is 0 Å². The maximum absolute atomic E-state index is 6.29. The number of hydrogen-bond acceptors (Lipinski definition) is 6. The summed E-state index contributed by atoms with van der Waals surface area (Å²) in [5, 5.41) is 24.8. The van der Waals surface area contributed by atoms with E-state index in [1.165, 1.54) is 62.6 Å². The van der Waals surface area contributed by atoms with Gasteiger partial charge in [-0.05, 0) is 80.3 Å². The third-order valence-corrected chi connectivity index (χ3v) is 8.27. The highest BCUT2D eigenvalue weighted by Gasteiger charge is 2.46. The Kier molecular flexibility index (Phi) is 5.73. The van der Waals surface area contributed by atoms with Crippen molar-refractivity contribution in [3.8, 4) is 5.69 Å². The zero-order valence-corrected chi connectivity index (χ0v) is 20.3. The summed E-state index contributed by atoms with van der Waals surface area (Å²) < 4.78 is 8.22. The van der Waals surface area contributed by atoms with Gasteiger partial charge in [0.2, 0.25) is 0 Å². The third kappa shape index (κ3) is 3.86. The number of rotatable bonds is 8. The Labute approximate surface area is 200 Å². The van der Waals surface area contributed by atoms with Gasteiger partial charge in [0.1, 0.15) is 0 Å². The molecule has 8 nitrogen and oxygen atoms in total. The number of aromatic amines is 1. The SMILES string of the molecule is Cc1cccc(C)c1-n1nnnc1C(NCC1(C2CCCCO2)CCC1)c1cn[nH]c1C1CC1. The monoisotopic (exact) mass is 461 g/mol. The normalized spacial score (nSPS) is 22.9. The van der Waals surface area contributed by atoms with Crippen LogP contribution in [0.3, 0.4) is 0 Å². The van der Waals surface area contributed by atoms with E-state index in [4.69, 9.17) is 4.74 Å². The molecule has 2 N–H and O–H groups in total. The lowest BCUT2D eigenvalue weighted by molar-refractivity contribution is -0.103. The topological polar surface area (TPSA) is 93.5 Å². The Balaban J connectivity index is 1.37. The van der Waals surface area contributed by atoms with Gasteiger partial charge in [-0.15, -0.1) is 5.10 Å². The van der Waals surface area contributed by atoms with Gasteiger partial charge in [-0.25, -0.2) is 0 Å². The largest absolute Gasteiger partial charge is 0.378 e. The minimum absolute atomic E-state index is 0.135. The Bertz CT molecular complexity index is 1120. The van der Waals surface area contributed by atoms with Crippen molar-refractivity contribution in [1.82, 2.24) is 35.7 Å². The molecule has 1 saturated heterocycles. The third-order valence-electron chi connectivity index (χ3n) is 8.27. The molecular formula is C26H35N7O. The molecule has 6 rings (SSSR count). The van der Waals surface area contributed by atoms with E-state index in [-0.39, 0.29) is 11.5 Å². The highest BCUT2D eigenvalue weighted by molar-refractivity contribution is 5.47. The van der Waals surface area contributed by atoms with Gasteiger partial charge in [0, 0.05) is 35.7 Å². The van der Waals surface area contributed by atoms with Crippen molar-refractivity contribution in [3.63, 3.8) is 0 Å². The van der Waals surface area contributed by atoms with E-state index in [9.17, 15) is 0 Å². The number of aromatic nitrogens is 6. The first-order valence-electron chi connectivity index (χ1n) is 12.9. The second-order valence-electron chi connectivity index (χ2n) is 10.6. The summed E-state index contributed by atoms with van der Waals surface area (Å²) in [6.07, 6.45) is 12.1. The number of nitrogens with zero attached hydrogens (tertiary/aromatic N) is 5. The van der Waals surface area contributed by atoms with Crippen LogP contribution < -0.4 is 5.32 Å². The van der Waals surface area contributed by atoms with Gasteiger partial charge in [0.05, 0.1) is 24.0 Å². The molecule has 2 atom stereocenters. The molecule has 3 heterocycles. The molecule has 3 aliphatic rings. The Morgan fingerprint density at radius 3 is 2.65 bits per heavy atom. The maximum atomic E-state index is 6.29. The molecule has 8 heteroatoms. The van der Waals surface area contributed by atoms with Crippen molar-refractivity contribution in [2.75, 3.05) is 13.2 Å². The summed E-state index contributed by atoms with van der Waals surface area (Å²) in [4.78, 5) is 0. The van der Waals surface area contributed by atoms with Gasteiger partial charge in [-0.1, -0.05) is 24.6 Å². The van der Waals surface area contributed by atoms with Crippen molar-refractivity contribution in [3.05, 3.63) is 52.6 Å². The van der Waals surface area contributed by atoms with E-state index >= 15 is 0 Å². The average Bonchev–Trinajstić information content (AvgIpc) is 3.35. The van der Waals surface area contributed by atoms with Crippen LogP contribution in [0, 0.1) is 19.3 Å². The predicted molar refractivity (Wildman–Crippen MR) is 129 cm³/mol. The van der Waals surface area contributed by atoms with Gasteiger partial charge in [-0.2, -0.15) is 9.78 Å². The predicted octanol–water partition coefficient (Wildman–Crippen LogP) is 4.30. The lowest BCUT2D eigenvalue weighted by Gasteiger charge is -2.49. The number of tetrazole rings is 1. The van der Waals surface area contributed by atoms with Crippen LogP contribution >= 0.6 is 0 Å². The number of hydrogen-bond donors (Lipinski definition) is 2. The van der Waals surface area contributed by atoms with Crippen LogP contribution in [-0.4, -0.2) is 49.7 Å². The summed E-state index contributed by atoms with van der Waals surface area (Å²) in [5.41, 5.74) is 5.98. The molecule has 1 aromatic carbocycles. The fourth-order valence-corrected chi connectivity index (χ4v) is 6.02. The van der Waals surface area contributed by atoms with E-state index in [1.54, 1.807) is 0 Å². The first-order chi connectivity index (χ1) is 16.7. The van der Waals surface area contributed by atoms with Crippen LogP contribution in [0.5, 0.6) is 0 Å².